The van der Waals surface area contributed by atoms with Gasteiger partial charge in [-0.25, -0.2) is 8.78 Å². The highest BCUT2D eigenvalue weighted by Crippen LogP contribution is 2.31. The largest absolute Gasteiger partial charge is 0.497 e. The number of hydrogen-bond donors (Lipinski definition) is 1. The van der Waals surface area contributed by atoms with Gasteiger partial charge in [0.25, 0.3) is 0 Å². The Bertz CT molecular complexity index is 573. The van der Waals surface area contributed by atoms with E-state index >= 15 is 0 Å². The summed E-state index contributed by atoms with van der Waals surface area (Å²) in [6.07, 6.45) is 0. The van der Waals surface area contributed by atoms with Gasteiger partial charge in [0.15, 0.2) is 17.3 Å². The molecule has 2 rings (SSSR count). The Labute approximate surface area is 103 Å². The van der Waals surface area contributed by atoms with E-state index in [2.05, 4.69) is 0 Å². The molecule has 0 unspecified atom stereocenters. The van der Waals surface area contributed by atoms with Gasteiger partial charge in [-0.2, -0.15) is 0 Å². The molecule has 0 fully saturated rings. The van der Waals surface area contributed by atoms with Crippen LogP contribution in [0.1, 0.15) is 0 Å². The first-order valence-corrected chi connectivity index (χ1v) is 5.16. The van der Waals surface area contributed by atoms with Crippen molar-refractivity contribution in [2.24, 2.45) is 0 Å². The monoisotopic (exact) mass is 251 g/mol. The standard InChI is InChI=1S/C13H11F2NO2/c1-17-9-3-5-13(11(16)7-9)18-12-4-2-8(14)6-10(12)15/h2-7H,16H2,1H3. The number of nitrogens with two attached hydrogens (primary N) is 1. The maximum Gasteiger partial charge on any atom is 0.168 e. The third-order valence-electron chi connectivity index (χ3n) is 2.33. The van der Waals surface area contributed by atoms with Crippen LogP contribution in [0.2, 0.25) is 0 Å². The summed E-state index contributed by atoms with van der Waals surface area (Å²) in [5.74, 6) is -0.693. The van der Waals surface area contributed by atoms with Gasteiger partial charge in [0.1, 0.15) is 11.6 Å². The first-order valence-electron chi connectivity index (χ1n) is 5.16. The van der Waals surface area contributed by atoms with Crippen molar-refractivity contribution >= 4 is 5.69 Å². The van der Waals surface area contributed by atoms with Crippen LogP contribution >= 0.6 is 0 Å². The molecule has 0 amide bonds. The minimum Gasteiger partial charge on any atom is -0.497 e. The minimum atomic E-state index is -0.787. The Morgan fingerprint density at radius 1 is 1.00 bits per heavy atom. The Morgan fingerprint density at radius 2 is 1.72 bits per heavy atom. The molecule has 0 saturated carbocycles. The van der Waals surface area contributed by atoms with Crippen molar-refractivity contribution in [1.29, 1.82) is 0 Å². The zero-order valence-corrected chi connectivity index (χ0v) is 9.61. The topological polar surface area (TPSA) is 44.5 Å². The van der Waals surface area contributed by atoms with Gasteiger partial charge < -0.3 is 15.2 Å². The van der Waals surface area contributed by atoms with Crippen LogP contribution in [-0.2, 0) is 0 Å². The zero-order chi connectivity index (χ0) is 13.1. The summed E-state index contributed by atoms with van der Waals surface area (Å²) in [5, 5.41) is 0. The molecule has 2 aromatic rings. The predicted molar refractivity (Wildman–Crippen MR) is 63.8 cm³/mol. The van der Waals surface area contributed by atoms with Gasteiger partial charge >= 0.3 is 0 Å². The van der Waals surface area contributed by atoms with Crippen molar-refractivity contribution in [3.05, 3.63) is 48.0 Å². The quantitative estimate of drug-likeness (QED) is 0.851. The molecule has 18 heavy (non-hydrogen) atoms. The SMILES string of the molecule is COc1ccc(Oc2ccc(F)cc2F)c(N)c1. The smallest absolute Gasteiger partial charge is 0.168 e. The number of anilines is 1. The minimum absolute atomic E-state index is 0.0896. The molecule has 2 N–H and O–H groups in total. The Hall–Kier alpha value is -2.30. The molecule has 0 aliphatic heterocycles. The van der Waals surface area contributed by atoms with Crippen LogP contribution in [-0.4, -0.2) is 7.11 Å². The molecule has 3 nitrogen and oxygen atoms in total. The molecule has 0 aromatic heterocycles. The lowest BCUT2D eigenvalue weighted by molar-refractivity contribution is 0.411. The van der Waals surface area contributed by atoms with E-state index in [9.17, 15) is 8.78 Å². The second-order valence-corrected chi connectivity index (χ2v) is 3.58. The second-order valence-electron chi connectivity index (χ2n) is 3.58. The maximum absolute atomic E-state index is 13.4. The number of methoxy groups -OCH3 is 1. The number of rotatable bonds is 3. The third-order valence-corrected chi connectivity index (χ3v) is 2.33. The lowest BCUT2D eigenvalue weighted by Crippen LogP contribution is -1.95. The average Bonchev–Trinajstić information content (AvgIpc) is 2.34. The molecule has 94 valence electrons. The van der Waals surface area contributed by atoms with Gasteiger partial charge in [-0.3, -0.25) is 0 Å². The van der Waals surface area contributed by atoms with Crippen molar-refractivity contribution in [1.82, 2.24) is 0 Å². The van der Waals surface area contributed by atoms with E-state index in [1.165, 1.54) is 13.2 Å². The molecular weight excluding hydrogens is 240 g/mol. The van der Waals surface area contributed by atoms with Gasteiger partial charge in [-0.15, -0.1) is 0 Å². The van der Waals surface area contributed by atoms with Crippen molar-refractivity contribution in [2.45, 2.75) is 0 Å². The highest BCUT2D eigenvalue weighted by Gasteiger charge is 2.09. The van der Waals surface area contributed by atoms with Crippen LogP contribution in [0.4, 0.5) is 14.5 Å². The Kier molecular flexibility index (Phi) is 3.32. The van der Waals surface area contributed by atoms with E-state index in [1.54, 1.807) is 18.2 Å². The first-order chi connectivity index (χ1) is 8.60. The van der Waals surface area contributed by atoms with E-state index in [4.69, 9.17) is 15.2 Å². The summed E-state index contributed by atoms with van der Waals surface area (Å²) >= 11 is 0. The Morgan fingerprint density at radius 3 is 2.33 bits per heavy atom. The molecule has 0 saturated heterocycles. The predicted octanol–water partition coefficient (Wildman–Crippen LogP) is 3.35. The van der Waals surface area contributed by atoms with E-state index in [0.717, 1.165) is 12.1 Å². The fourth-order valence-electron chi connectivity index (χ4n) is 1.42. The molecule has 0 radical (unpaired) electrons. The van der Waals surface area contributed by atoms with Gasteiger partial charge in [-0.05, 0) is 24.3 Å². The molecule has 0 spiro atoms. The molecular formula is C13H11F2NO2. The van der Waals surface area contributed by atoms with Crippen LogP contribution < -0.4 is 15.2 Å². The van der Waals surface area contributed by atoms with Crippen LogP contribution in [0.5, 0.6) is 17.2 Å². The van der Waals surface area contributed by atoms with Crippen molar-refractivity contribution < 1.29 is 18.3 Å². The van der Waals surface area contributed by atoms with Gasteiger partial charge in [-0.1, -0.05) is 0 Å². The Balaban J connectivity index is 2.28. The molecule has 2 aromatic carbocycles. The van der Waals surface area contributed by atoms with E-state index < -0.39 is 11.6 Å². The van der Waals surface area contributed by atoms with Crippen LogP contribution in [0, 0.1) is 11.6 Å². The lowest BCUT2D eigenvalue weighted by atomic mass is 10.2. The van der Waals surface area contributed by atoms with E-state index in [-0.39, 0.29) is 11.5 Å². The number of halogens is 2. The number of ether oxygens (including phenoxy) is 2. The molecule has 0 aliphatic rings. The fourth-order valence-corrected chi connectivity index (χ4v) is 1.42. The average molecular weight is 251 g/mol. The van der Waals surface area contributed by atoms with E-state index in [1.807, 2.05) is 0 Å². The van der Waals surface area contributed by atoms with Crippen molar-refractivity contribution in [3.8, 4) is 17.2 Å². The van der Waals surface area contributed by atoms with Gasteiger partial charge in [0.05, 0.1) is 12.8 Å². The normalized spacial score (nSPS) is 10.2. The number of benzene rings is 2. The van der Waals surface area contributed by atoms with Crippen LogP contribution in [0.3, 0.4) is 0 Å². The molecule has 5 heteroatoms. The number of nitrogen functional groups attached to an aromatic ring is 1. The van der Waals surface area contributed by atoms with Crippen molar-refractivity contribution in [2.75, 3.05) is 12.8 Å². The summed E-state index contributed by atoms with van der Waals surface area (Å²) < 4.78 is 36.4. The summed E-state index contributed by atoms with van der Waals surface area (Å²) in [6.45, 7) is 0. The van der Waals surface area contributed by atoms with Crippen molar-refractivity contribution in [3.63, 3.8) is 0 Å². The molecule has 0 atom stereocenters. The zero-order valence-electron chi connectivity index (χ0n) is 9.61. The second kappa shape index (κ2) is 4.91. The fraction of sp³-hybridized carbons (Fsp3) is 0.0769. The maximum atomic E-state index is 13.4. The van der Waals surface area contributed by atoms with Crippen LogP contribution in [0.25, 0.3) is 0 Å². The molecule has 0 heterocycles. The first kappa shape index (κ1) is 12.2. The van der Waals surface area contributed by atoms with Gasteiger partial charge in [0, 0.05) is 12.1 Å². The molecule has 0 aliphatic carbocycles. The highest BCUT2D eigenvalue weighted by atomic mass is 19.1. The van der Waals surface area contributed by atoms with E-state index in [0.29, 0.717) is 11.4 Å². The van der Waals surface area contributed by atoms with Gasteiger partial charge in [0.2, 0.25) is 0 Å². The van der Waals surface area contributed by atoms with Crippen LogP contribution in [0.15, 0.2) is 36.4 Å². The summed E-state index contributed by atoms with van der Waals surface area (Å²) in [5.41, 5.74) is 6.03. The number of hydrogen-bond acceptors (Lipinski definition) is 3. The molecule has 0 bridgehead atoms. The third kappa shape index (κ3) is 2.51. The highest BCUT2D eigenvalue weighted by molar-refractivity contribution is 5.57. The summed E-state index contributed by atoms with van der Waals surface area (Å²) in [7, 11) is 1.51. The summed E-state index contributed by atoms with van der Waals surface area (Å²) in [6, 6.07) is 7.79. The summed E-state index contributed by atoms with van der Waals surface area (Å²) in [4.78, 5) is 0. The lowest BCUT2D eigenvalue weighted by Gasteiger charge is -2.10.